The molecule has 3 heteroatoms. The van der Waals surface area contributed by atoms with Crippen LogP contribution >= 0.6 is 0 Å². The van der Waals surface area contributed by atoms with E-state index in [-0.39, 0.29) is 5.97 Å². The molecule has 0 aliphatic heterocycles. The maximum atomic E-state index is 11.4. The number of carbonyl (C=O) groups is 1. The van der Waals surface area contributed by atoms with Gasteiger partial charge in [0, 0.05) is 17.1 Å². The summed E-state index contributed by atoms with van der Waals surface area (Å²) in [5, 5.41) is 1.16. The molecule has 0 radical (unpaired) electrons. The van der Waals surface area contributed by atoms with Crippen LogP contribution in [-0.4, -0.2) is 17.5 Å². The Morgan fingerprint density at radius 2 is 2.00 bits per heavy atom. The van der Waals surface area contributed by atoms with Crippen molar-refractivity contribution in [2.75, 3.05) is 7.11 Å². The Hall–Kier alpha value is -2.29. The zero-order chi connectivity index (χ0) is 11.8. The van der Waals surface area contributed by atoms with Gasteiger partial charge in [0.1, 0.15) is 0 Å². The molecule has 2 aromatic heterocycles. The Morgan fingerprint density at radius 3 is 2.82 bits per heavy atom. The van der Waals surface area contributed by atoms with Crippen molar-refractivity contribution in [1.29, 1.82) is 0 Å². The van der Waals surface area contributed by atoms with Crippen LogP contribution < -0.4 is 0 Å². The van der Waals surface area contributed by atoms with Gasteiger partial charge in [0.2, 0.25) is 0 Å². The van der Waals surface area contributed by atoms with Crippen molar-refractivity contribution in [2.45, 2.75) is 0 Å². The first-order valence-corrected chi connectivity index (χ1v) is 5.38. The molecule has 0 amide bonds. The summed E-state index contributed by atoms with van der Waals surface area (Å²) in [5.74, 6) is -0.308. The first-order chi connectivity index (χ1) is 8.29. The van der Waals surface area contributed by atoms with E-state index < -0.39 is 0 Å². The Morgan fingerprint density at radius 1 is 1.18 bits per heavy atom. The van der Waals surface area contributed by atoms with Gasteiger partial charge in [0.25, 0.3) is 0 Å². The normalized spacial score (nSPS) is 10.9. The first kappa shape index (κ1) is 9.90. The Bertz CT molecular complexity index is 712. The molecule has 0 atom stereocenters. The number of methoxy groups -OCH3 is 1. The van der Waals surface area contributed by atoms with Crippen molar-refractivity contribution >= 4 is 22.4 Å². The molecule has 17 heavy (non-hydrogen) atoms. The van der Waals surface area contributed by atoms with Crippen molar-refractivity contribution in [2.24, 2.45) is 0 Å². The van der Waals surface area contributed by atoms with Gasteiger partial charge in [-0.15, -0.1) is 0 Å². The summed E-state index contributed by atoms with van der Waals surface area (Å²) in [4.78, 5) is 11.4. The standard InChI is InChI=1S/C14H11NO2/c1-17-14(16)11-6-7-15-12(9-11)8-10-4-2-3-5-13(10)15/h2-9H,1H3. The van der Waals surface area contributed by atoms with Gasteiger partial charge in [0.15, 0.2) is 0 Å². The summed E-state index contributed by atoms with van der Waals surface area (Å²) in [6.45, 7) is 0. The molecule has 2 heterocycles. The van der Waals surface area contributed by atoms with Crippen LogP contribution in [0.4, 0.5) is 0 Å². The monoisotopic (exact) mass is 225 g/mol. The van der Waals surface area contributed by atoms with Gasteiger partial charge in [-0.2, -0.15) is 0 Å². The molecule has 0 aliphatic rings. The summed E-state index contributed by atoms with van der Waals surface area (Å²) >= 11 is 0. The zero-order valence-corrected chi connectivity index (χ0v) is 9.38. The summed E-state index contributed by atoms with van der Waals surface area (Å²) in [6.07, 6.45) is 1.89. The minimum atomic E-state index is -0.308. The molecule has 0 bridgehead atoms. The zero-order valence-electron chi connectivity index (χ0n) is 9.38. The number of para-hydroxylation sites is 1. The molecule has 0 spiro atoms. The number of hydrogen-bond donors (Lipinski definition) is 0. The van der Waals surface area contributed by atoms with E-state index in [4.69, 9.17) is 4.74 Å². The Balaban J connectivity index is 2.30. The fourth-order valence-electron chi connectivity index (χ4n) is 2.08. The Labute approximate surface area is 98.2 Å². The van der Waals surface area contributed by atoms with E-state index in [2.05, 4.69) is 22.6 Å². The van der Waals surface area contributed by atoms with E-state index in [0.29, 0.717) is 5.56 Å². The van der Waals surface area contributed by atoms with Crippen molar-refractivity contribution in [3.63, 3.8) is 0 Å². The van der Waals surface area contributed by atoms with Crippen LogP contribution in [0.5, 0.6) is 0 Å². The minimum absolute atomic E-state index is 0.308. The molecule has 0 saturated carbocycles. The van der Waals surface area contributed by atoms with Crippen molar-refractivity contribution in [1.82, 2.24) is 4.40 Å². The third kappa shape index (κ3) is 1.47. The van der Waals surface area contributed by atoms with E-state index >= 15 is 0 Å². The molecule has 3 rings (SSSR count). The lowest BCUT2D eigenvalue weighted by Crippen LogP contribution is -2.01. The summed E-state index contributed by atoms with van der Waals surface area (Å²) in [5.41, 5.74) is 2.70. The number of fused-ring (bicyclic) bond motifs is 3. The van der Waals surface area contributed by atoms with E-state index in [0.717, 1.165) is 16.4 Å². The van der Waals surface area contributed by atoms with Gasteiger partial charge in [-0.3, -0.25) is 0 Å². The highest BCUT2D eigenvalue weighted by atomic mass is 16.5. The molecule has 0 saturated heterocycles. The molecule has 0 unspecified atom stereocenters. The molecular formula is C14H11NO2. The number of esters is 1. The van der Waals surface area contributed by atoms with Crippen LogP contribution in [0.25, 0.3) is 16.4 Å². The number of carbonyl (C=O) groups excluding carboxylic acids is 1. The molecule has 1 aromatic carbocycles. The number of pyridine rings is 1. The summed E-state index contributed by atoms with van der Waals surface area (Å²) in [7, 11) is 1.39. The number of rotatable bonds is 1. The van der Waals surface area contributed by atoms with Crippen LogP contribution in [-0.2, 0) is 4.74 Å². The number of aromatic nitrogens is 1. The second-order valence-electron chi connectivity index (χ2n) is 3.91. The van der Waals surface area contributed by atoms with Gasteiger partial charge >= 0.3 is 5.97 Å². The highest BCUT2D eigenvalue weighted by molar-refractivity contribution is 5.93. The third-order valence-electron chi connectivity index (χ3n) is 2.91. The molecule has 0 fully saturated rings. The molecule has 3 nitrogen and oxygen atoms in total. The second kappa shape index (κ2) is 3.63. The lowest BCUT2D eigenvalue weighted by molar-refractivity contribution is 0.0601. The van der Waals surface area contributed by atoms with E-state index in [1.165, 1.54) is 7.11 Å². The van der Waals surface area contributed by atoms with Crippen LogP contribution in [0.2, 0.25) is 0 Å². The molecule has 84 valence electrons. The van der Waals surface area contributed by atoms with Crippen LogP contribution in [0.15, 0.2) is 48.7 Å². The van der Waals surface area contributed by atoms with E-state index in [1.54, 1.807) is 6.07 Å². The summed E-state index contributed by atoms with van der Waals surface area (Å²) in [6, 6.07) is 13.8. The maximum absolute atomic E-state index is 11.4. The van der Waals surface area contributed by atoms with Gasteiger partial charge in [-0.05, 0) is 24.3 Å². The fourth-order valence-corrected chi connectivity index (χ4v) is 2.08. The van der Waals surface area contributed by atoms with Crippen molar-refractivity contribution in [3.8, 4) is 0 Å². The van der Waals surface area contributed by atoms with Gasteiger partial charge in [-0.1, -0.05) is 18.2 Å². The Kier molecular flexibility index (Phi) is 2.11. The molecule has 3 aromatic rings. The van der Waals surface area contributed by atoms with E-state index in [9.17, 15) is 4.79 Å². The van der Waals surface area contributed by atoms with Crippen LogP contribution in [0, 0.1) is 0 Å². The van der Waals surface area contributed by atoms with Gasteiger partial charge in [0.05, 0.1) is 18.2 Å². The van der Waals surface area contributed by atoms with Gasteiger partial charge < -0.3 is 9.14 Å². The fraction of sp³-hybridized carbons (Fsp3) is 0.0714. The van der Waals surface area contributed by atoms with Crippen LogP contribution in [0.1, 0.15) is 10.4 Å². The van der Waals surface area contributed by atoms with E-state index in [1.807, 2.05) is 24.4 Å². The smallest absolute Gasteiger partial charge is 0.337 e. The van der Waals surface area contributed by atoms with Gasteiger partial charge in [-0.25, -0.2) is 4.79 Å². The predicted octanol–water partition coefficient (Wildman–Crippen LogP) is 2.88. The van der Waals surface area contributed by atoms with Crippen LogP contribution in [0.3, 0.4) is 0 Å². The third-order valence-corrected chi connectivity index (χ3v) is 2.91. The average molecular weight is 225 g/mol. The maximum Gasteiger partial charge on any atom is 0.337 e. The second-order valence-corrected chi connectivity index (χ2v) is 3.91. The molecule has 0 N–H and O–H groups in total. The lowest BCUT2D eigenvalue weighted by atomic mass is 10.2. The highest BCUT2D eigenvalue weighted by Crippen LogP contribution is 2.20. The quantitative estimate of drug-likeness (QED) is 0.596. The predicted molar refractivity (Wildman–Crippen MR) is 66.2 cm³/mol. The first-order valence-electron chi connectivity index (χ1n) is 5.38. The minimum Gasteiger partial charge on any atom is -0.465 e. The highest BCUT2D eigenvalue weighted by Gasteiger charge is 2.07. The SMILES string of the molecule is COC(=O)c1ccn2c(c1)cc1ccccc12. The number of nitrogens with zero attached hydrogens (tertiary/aromatic N) is 1. The molecular weight excluding hydrogens is 214 g/mol. The number of ether oxygens (including phenoxy) is 1. The summed E-state index contributed by atoms with van der Waals surface area (Å²) < 4.78 is 6.77. The largest absolute Gasteiger partial charge is 0.465 e. The average Bonchev–Trinajstić information content (AvgIpc) is 2.75. The number of hydrogen-bond acceptors (Lipinski definition) is 2. The van der Waals surface area contributed by atoms with Crippen molar-refractivity contribution in [3.05, 3.63) is 54.2 Å². The topological polar surface area (TPSA) is 30.7 Å². The van der Waals surface area contributed by atoms with Crippen molar-refractivity contribution < 1.29 is 9.53 Å². The lowest BCUT2D eigenvalue weighted by Gasteiger charge is -2.01. The number of benzene rings is 1. The molecule has 0 aliphatic carbocycles.